The van der Waals surface area contributed by atoms with Crippen molar-refractivity contribution in [3.63, 3.8) is 0 Å². The molecule has 0 spiro atoms. The Morgan fingerprint density at radius 3 is 2.70 bits per heavy atom. The topological polar surface area (TPSA) is 87.0 Å². The number of carbonyl (C=O) groups excluding carboxylic acids is 1. The fraction of sp³-hybridized carbons (Fsp3) is 0.667. The van der Waals surface area contributed by atoms with Gasteiger partial charge in [0.25, 0.3) is 0 Å². The number of ether oxygens (including phenoxy) is 1. The van der Waals surface area contributed by atoms with Crippen LogP contribution in [0.1, 0.15) is 26.7 Å². The minimum absolute atomic E-state index is 0.221. The van der Waals surface area contributed by atoms with Crippen LogP contribution in [-0.4, -0.2) is 44.7 Å². The van der Waals surface area contributed by atoms with Gasteiger partial charge in [0.1, 0.15) is 17.8 Å². The van der Waals surface area contributed by atoms with Gasteiger partial charge in [-0.2, -0.15) is 0 Å². The molecule has 0 aromatic rings. The minimum atomic E-state index is -1.46. The van der Waals surface area contributed by atoms with Gasteiger partial charge in [-0.15, -0.1) is 0 Å². The van der Waals surface area contributed by atoms with Crippen LogP contribution >= 0.6 is 0 Å². The van der Waals surface area contributed by atoms with Crippen LogP contribution in [0.5, 0.6) is 0 Å². The van der Waals surface area contributed by atoms with Crippen molar-refractivity contribution in [3.05, 3.63) is 23.8 Å². The quantitative estimate of drug-likeness (QED) is 0.337. The molecule has 5 nitrogen and oxygen atoms in total. The Bertz CT molecular complexity index is 516. The Hall–Kier alpha value is -1.17. The van der Waals surface area contributed by atoms with Crippen molar-refractivity contribution in [3.8, 4) is 0 Å². The molecule has 1 heterocycles. The number of carbonyl (C=O) groups is 1. The average molecular weight is 280 g/mol. The zero-order valence-electron chi connectivity index (χ0n) is 11.7. The first-order valence-corrected chi connectivity index (χ1v) is 6.91. The number of esters is 1. The summed E-state index contributed by atoms with van der Waals surface area (Å²) < 4.78 is 5.39. The maximum Gasteiger partial charge on any atom is 0.334 e. The number of hydrogen-bond acceptors (Lipinski definition) is 5. The summed E-state index contributed by atoms with van der Waals surface area (Å²) in [6.07, 6.45) is 0.863. The lowest BCUT2D eigenvalue weighted by atomic mass is 9.76. The molecule has 0 aromatic carbocycles. The average Bonchev–Trinajstić information content (AvgIpc) is 2.69. The van der Waals surface area contributed by atoms with Crippen LogP contribution in [0, 0.1) is 11.8 Å². The minimum Gasteiger partial charge on any atom is -0.458 e. The van der Waals surface area contributed by atoms with Gasteiger partial charge in [0.15, 0.2) is 0 Å². The largest absolute Gasteiger partial charge is 0.458 e. The Morgan fingerprint density at radius 1 is 1.40 bits per heavy atom. The standard InChI is InChI=1S/C15H20O5/c1-7-8-4-5-14(2,18)9-6-10(16)15(3,19)11(9)12(8)20-13(7)17/h6,8,10-12,16,18-19H,1,4-5H2,2-3H3/t8-,10-,11-,12-,14+,15+/m0/s1. The number of hydrogen-bond donors (Lipinski definition) is 3. The van der Waals surface area contributed by atoms with Gasteiger partial charge in [-0.3, -0.25) is 0 Å². The molecule has 1 saturated carbocycles. The zero-order chi connectivity index (χ0) is 14.9. The smallest absolute Gasteiger partial charge is 0.334 e. The van der Waals surface area contributed by atoms with Gasteiger partial charge in [-0.05, 0) is 32.3 Å². The highest BCUT2D eigenvalue weighted by Gasteiger charge is 2.60. The molecule has 0 unspecified atom stereocenters. The molecule has 2 fully saturated rings. The van der Waals surface area contributed by atoms with Crippen LogP contribution in [0.3, 0.4) is 0 Å². The number of aliphatic hydroxyl groups excluding tert-OH is 1. The van der Waals surface area contributed by atoms with Crippen molar-refractivity contribution in [2.45, 2.75) is 50.1 Å². The molecule has 3 rings (SSSR count). The molecular formula is C15H20O5. The molecule has 0 bridgehead atoms. The maximum absolute atomic E-state index is 11.7. The van der Waals surface area contributed by atoms with Gasteiger partial charge in [0.2, 0.25) is 0 Å². The van der Waals surface area contributed by atoms with Gasteiger partial charge in [0, 0.05) is 11.5 Å². The monoisotopic (exact) mass is 280 g/mol. The van der Waals surface area contributed by atoms with Gasteiger partial charge in [0.05, 0.1) is 11.5 Å². The molecule has 1 saturated heterocycles. The van der Waals surface area contributed by atoms with E-state index in [4.69, 9.17) is 4.74 Å². The highest BCUT2D eigenvalue weighted by molar-refractivity contribution is 5.91. The summed E-state index contributed by atoms with van der Waals surface area (Å²) in [6, 6.07) is 0. The van der Waals surface area contributed by atoms with E-state index >= 15 is 0 Å². The second-order valence-electron chi connectivity index (χ2n) is 6.58. The Kier molecular flexibility index (Phi) is 2.71. The van der Waals surface area contributed by atoms with Crippen LogP contribution in [0.25, 0.3) is 0 Å². The molecular weight excluding hydrogens is 260 g/mol. The van der Waals surface area contributed by atoms with Crippen LogP contribution in [-0.2, 0) is 9.53 Å². The Morgan fingerprint density at radius 2 is 2.05 bits per heavy atom. The zero-order valence-corrected chi connectivity index (χ0v) is 11.7. The van der Waals surface area contributed by atoms with Gasteiger partial charge >= 0.3 is 5.97 Å². The van der Waals surface area contributed by atoms with E-state index in [0.29, 0.717) is 24.0 Å². The third-order valence-electron chi connectivity index (χ3n) is 5.14. The Balaban J connectivity index is 2.11. The summed E-state index contributed by atoms with van der Waals surface area (Å²) in [5.41, 5.74) is -1.63. The van der Waals surface area contributed by atoms with Crippen molar-refractivity contribution < 1.29 is 24.9 Å². The molecule has 0 aromatic heterocycles. The first-order valence-electron chi connectivity index (χ1n) is 6.91. The lowest BCUT2D eigenvalue weighted by molar-refractivity contribution is -0.148. The lowest BCUT2D eigenvalue weighted by Gasteiger charge is -2.36. The van der Waals surface area contributed by atoms with E-state index in [0.717, 1.165) is 0 Å². The molecule has 1 aliphatic heterocycles. The first kappa shape index (κ1) is 13.8. The summed E-state index contributed by atoms with van der Waals surface area (Å²) >= 11 is 0. The van der Waals surface area contributed by atoms with Crippen LogP contribution in [0.4, 0.5) is 0 Å². The van der Waals surface area contributed by atoms with E-state index in [1.807, 2.05) is 0 Å². The van der Waals surface area contributed by atoms with E-state index in [2.05, 4.69) is 6.58 Å². The highest BCUT2D eigenvalue weighted by Crippen LogP contribution is 2.52. The molecule has 3 aliphatic rings. The lowest BCUT2D eigenvalue weighted by Crippen LogP contribution is -2.48. The second kappa shape index (κ2) is 3.93. The molecule has 5 heteroatoms. The SMILES string of the molecule is C=C1C(=O)O[C@H]2[C@H]1CC[C@@](C)(O)C1=C[C@H](O)[C@@](C)(O)[C@@H]12. The van der Waals surface area contributed by atoms with Crippen LogP contribution < -0.4 is 0 Å². The van der Waals surface area contributed by atoms with Crippen molar-refractivity contribution in [1.29, 1.82) is 0 Å². The molecule has 0 amide bonds. The fourth-order valence-electron chi connectivity index (χ4n) is 3.82. The third-order valence-corrected chi connectivity index (χ3v) is 5.14. The van der Waals surface area contributed by atoms with E-state index in [1.165, 1.54) is 13.0 Å². The summed E-state index contributed by atoms with van der Waals surface area (Å²) in [5.74, 6) is -1.28. The van der Waals surface area contributed by atoms with Crippen LogP contribution in [0.2, 0.25) is 0 Å². The Labute approximate surface area is 117 Å². The maximum atomic E-state index is 11.7. The summed E-state index contributed by atoms with van der Waals surface area (Å²) in [6.45, 7) is 6.96. The van der Waals surface area contributed by atoms with Crippen molar-refractivity contribution in [1.82, 2.24) is 0 Å². The number of fused-ring (bicyclic) bond motifs is 3. The van der Waals surface area contributed by atoms with Crippen molar-refractivity contribution in [2.24, 2.45) is 11.8 Å². The van der Waals surface area contributed by atoms with E-state index < -0.39 is 35.3 Å². The summed E-state index contributed by atoms with van der Waals surface area (Å²) in [7, 11) is 0. The van der Waals surface area contributed by atoms with E-state index in [1.54, 1.807) is 6.92 Å². The summed E-state index contributed by atoms with van der Waals surface area (Å²) in [4.78, 5) is 11.7. The van der Waals surface area contributed by atoms with Gasteiger partial charge in [-0.25, -0.2) is 4.79 Å². The fourth-order valence-corrected chi connectivity index (χ4v) is 3.82. The van der Waals surface area contributed by atoms with Gasteiger partial charge in [-0.1, -0.05) is 12.7 Å². The number of rotatable bonds is 0. The van der Waals surface area contributed by atoms with E-state index in [-0.39, 0.29) is 5.92 Å². The normalized spacial score (nSPS) is 51.1. The predicted octanol–water partition coefficient (Wildman–Crippen LogP) is 0.297. The van der Waals surface area contributed by atoms with Crippen LogP contribution in [0.15, 0.2) is 23.8 Å². The van der Waals surface area contributed by atoms with Gasteiger partial charge < -0.3 is 20.1 Å². The second-order valence-corrected chi connectivity index (χ2v) is 6.58. The number of aliphatic hydroxyl groups is 3. The molecule has 3 N–H and O–H groups in total. The molecule has 6 atom stereocenters. The van der Waals surface area contributed by atoms with Crippen molar-refractivity contribution in [2.75, 3.05) is 0 Å². The highest BCUT2D eigenvalue weighted by atomic mass is 16.6. The summed E-state index contributed by atoms with van der Waals surface area (Å²) in [5, 5.41) is 31.3. The molecule has 110 valence electrons. The molecule has 20 heavy (non-hydrogen) atoms. The molecule has 0 radical (unpaired) electrons. The van der Waals surface area contributed by atoms with Crippen molar-refractivity contribution >= 4 is 5.97 Å². The molecule has 2 aliphatic carbocycles. The van der Waals surface area contributed by atoms with E-state index in [9.17, 15) is 20.1 Å². The first-order chi connectivity index (χ1) is 9.16. The predicted molar refractivity (Wildman–Crippen MR) is 70.6 cm³/mol. The third kappa shape index (κ3) is 1.63.